The molecule has 1 heterocycles. The third kappa shape index (κ3) is 7.07. The van der Waals surface area contributed by atoms with Crippen molar-refractivity contribution < 1.29 is 19.6 Å². The number of ether oxygens (including phenoxy) is 1. The Hall–Kier alpha value is -0.940. The zero-order valence-corrected chi connectivity index (χ0v) is 10.4. The first-order valence-electron chi connectivity index (χ1n) is 6.44. The van der Waals surface area contributed by atoms with Crippen molar-refractivity contribution in [1.29, 1.82) is 0 Å². The molecule has 0 unspecified atom stereocenters. The molecule has 2 N–H and O–H groups in total. The van der Waals surface area contributed by atoms with Gasteiger partial charge >= 0.3 is 0 Å². The Balaban J connectivity index is 1.88. The molecule has 1 saturated heterocycles. The van der Waals surface area contributed by atoms with Crippen molar-refractivity contribution in [1.82, 2.24) is 0 Å². The van der Waals surface area contributed by atoms with Gasteiger partial charge in [-0.3, -0.25) is 4.79 Å². The van der Waals surface area contributed by atoms with Crippen molar-refractivity contribution in [3.05, 3.63) is 0 Å². The zero-order chi connectivity index (χ0) is 12.3. The second-order valence-corrected chi connectivity index (χ2v) is 4.49. The minimum Gasteiger partial charge on any atom is -0.411 e. The highest BCUT2D eigenvalue weighted by molar-refractivity contribution is 6.27. The summed E-state index contributed by atoms with van der Waals surface area (Å²) in [6.07, 6.45) is 5.84. The minimum atomic E-state index is -0.0914. The number of oxime groups is 1. The minimum absolute atomic E-state index is 0.0914. The van der Waals surface area contributed by atoms with E-state index in [2.05, 4.69) is 5.16 Å². The summed E-state index contributed by atoms with van der Waals surface area (Å²) in [6, 6.07) is 0. The fraction of sp³-hybridized carbons (Fsp3) is 0.833. The van der Waals surface area contributed by atoms with E-state index >= 15 is 0 Å². The van der Waals surface area contributed by atoms with Crippen LogP contribution in [-0.4, -0.2) is 50.1 Å². The van der Waals surface area contributed by atoms with Crippen LogP contribution >= 0.6 is 0 Å². The molecule has 0 spiro atoms. The normalized spacial score (nSPS) is 17.6. The number of nitrogens with zero attached hydrogens (tertiary/aromatic N) is 1. The number of Topliss-reactive ketones (excluding diaryl/α,β-unsaturated/α-hetero) is 1. The topological polar surface area (TPSA) is 63.3 Å². The van der Waals surface area contributed by atoms with E-state index in [1.165, 1.54) is 19.4 Å². The van der Waals surface area contributed by atoms with Crippen molar-refractivity contribution in [3.63, 3.8) is 0 Å². The predicted octanol–water partition coefficient (Wildman–Crippen LogP) is -0.119. The Morgan fingerprint density at radius 1 is 1.24 bits per heavy atom. The summed E-state index contributed by atoms with van der Waals surface area (Å²) in [5.74, 6) is -0.0914. The highest BCUT2D eigenvalue weighted by Gasteiger charge is 2.12. The molecule has 0 aromatic carbocycles. The molecule has 0 aromatic rings. The van der Waals surface area contributed by atoms with E-state index in [1.54, 1.807) is 4.90 Å². The van der Waals surface area contributed by atoms with Gasteiger partial charge in [-0.25, -0.2) is 0 Å². The first-order valence-corrected chi connectivity index (χ1v) is 6.44. The average molecular weight is 243 g/mol. The van der Waals surface area contributed by atoms with Crippen LogP contribution in [0.15, 0.2) is 5.16 Å². The Morgan fingerprint density at radius 2 is 1.94 bits per heavy atom. The second-order valence-electron chi connectivity index (χ2n) is 4.49. The molecule has 17 heavy (non-hydrogen) atoms. The molecule has 0 bridgehead atoms. The van der Waals surface area contributed by atoms with Crippen LogP contribution in [0.1, 0.15) is 32.1 Å². The first-order chi connectivity index (χ1) is 8.33. The summed E-state index contributed by atoms with van der Waals surface area (Å²) >= 11 is 0. The van der Waals surface area contributed by atoms with E-state index in [9.17, 15) is 4.79 Å². The molecule has 1 aliphatic heterocycles. The van der Waals surface area contributed by atoms with Gasteiger partial charge in [0.05, 0.1) is 19.8 Å². The fourth-order valence-electron chi connectivity index (χ4n) is 2.07. The predicted molar refractivity (Wildman–Crippen MR) is 64.8 cm³/mol. The van der Waals surface area contributed by atoms with E-state index in [-0.39, 0.29) is 5.78 Å². The summed E-state index contributed by atoms with van der Waals surface area (Å²) in [7, 11) is 0. The van der Waals surface area contributed by atoms with Crippen LogP contribution in [0, 0.1) is 0 Å². The van der Waals surface area contributed by atoms with Gasteiger partial charge in [0.15, 0.2) is 5.78 Å². The molecule has 0 amide bonds. The number of hydrogen-bond acceptors (Lipinski definition) is 4. The maximum absolute atomic E-state index is 11.0. The molecule has 0 saturated carbocycles. The van der Waals surface area contributed by atoms with E-state index in [1.807, 2.05) is 0 Å². The van der Waals surface area contributed by atoms with Gasteiger partial charge in [0.1, 0.15) is 19.3 Å². The molecule has 0 radical (unpaired) electrons. The van der Waals surface area contributed by atoms with Gasteiger partial charge in [-0.1, -0.05) is 11.6 Å². The van der Waals surface area contributed by atoms with Crippen molar-refractivity contribution in [2.24, 2.45) is 5.16 Å². The van der Waals surface area contributed by atoms with Crippen LogP contribution in [0.2, 0.25) is 0 Å². The van der Waals surface area contributed by atoms with Crippen LogP contribution < -0.4 is 4.90 Å². The molecule has 5 heteroatoms. The van der Waals surface area contributed by atoms with Crippen LogP contribution in [0.4, 0.5) is 0 Å². The van der Waals surface area contributed by atoms with Gasteiger partial charge in [-0.15, -0.1) is 0 Å². The Labute approximate surface area is 102 Å². The lowest BCUT2D eigenvalue weighted by molar-refractivity contribution is -0.908. The van der Waals surface area contributed by atoms with Crippen molar-refractivity contribution in [2.45, 2.75) is 32.1 Å². The van der Waals surface area contributed by atoms with Crippen LogP contribution in [0.25, 0.3) is 0 Å². The lowest BCUT2D eigenvalue weighted by Crippen LogP contribution is -3.14. The molecule has 0 aromatic heterocycles. The number of unbranched alkanes of at least 4 members (excludes halogenated alkanes) is 3. The maximum atomic E-state index is 11.0. The van der Waals surface area contributed by atoms with Crippen molar-refractivity contribution >= 4 is 12.0 Å². The second kappa shape index (κ2) is 9.13. The van der Waals surface area contributed by atoms with Gasteiger partial charge in [0, 0.05) is 6.42 Å². The van der Waals surface area contributed by atoms with Gasteiger partial charge in [0.2, 0.25) is 0 Å². The highest BCUT2D eigenvalue weighted by Crippen LogP contribution is 2.02. The number of quaternary nitrogens is 1. The summed E-state index contributed by atoms with van der Waals surface area (Å²) in [5, 5.41) is 10.9. The molecule has 98 valence electrons. The number of ketones is 1. The lowest BCUT2D eigenvalue weighted by Gasteiger charge is -2.23. The number of nitrogens with one attached hydrogen (secondary N) is 1. The molecule has 1 fully saturated rings. The molecule has 1 rings (SSSR count). The standard InChI is InChI=1S/C12H22N2O3/c15-12(11-13-16)5-3-1-2-4-6-14-7-9-17-10-8-14/h11,16H,1-10H2/p+1/b13-11-. The molecule has 0 aliphatic carbocycles. The Kier molecular flexibility index (Phi) is 7.58. The van der Waals surface area contributed by atoms with Gasteiger partial charge in [-0.2, -0.15) is 0 Å². The SMILES string of the molecule is O=C(/C=N\O)CCCCCC[NH+]1CCOCC1. The summed E-state index contributed by atoms with van der Waals surface area (Å²) in [4.78, 5) is 12.6. The van der Waals surface area contributed by atoms with Crippen LogP contribution in [-0.2, 0) is 9.53 Å². The summed E-state index contributed by atoms with van der Waals surface area (Å²) < 4.78 is 5.30. The van der Waals surface area contributed by atoms with Crippen LogP contribution in [0.3, 0.4) is 0 Å². The summed E-state index contributed by atoms with van der Waals surface area (Å²) in [6.45, 7) is 5.26. The lowest BCUT2D eigenvalue weighted by atomic mass is 10.1. The number of hydrogen-bond donors (Lipinski definition) is 2. The average Bonchev–Trinajstić information content (AvgIpc) is 2.35. The van der Waals surface area contributed by atoms with Gasteiger partial charge < -0.3 is 14.8 Å². The highest BCUT2D eigenvalue weighted by atomic mass is 16.5. The number of morpholine rings is 1. The van der Waals surface area contributed by atoms with E-state index < -0.39 is 0 Å². The molecular formula is C12H23N2O3+. The van der Waals surface area contributed by atoms with Crippen molar-refractivity contribution in [2.75, 3.05) is 32.8 Å². The quantitative estimate of drug-likeness (QED) is 0.270. The smallest absolute Gasteiger partial charge is 0.177 e. The first kappa shape index (κ1) is 14.1. The Morgan fingerprint density at radius 3 is 2.65 bits per heavy atom. The molecule has 0 atom stereocenters. The summed E-state index contributed by atoms with van der Waals surface area (Å²) in [5.41, 5.74) is 0. The molecule has 1 aliphatic rings. The van der Waals surface area contributed by atoms with E-state index in [0.717, 1.165) is 45.4 Å². The molecule has 5 nitrogen and oxygen atoms in total. The van der Waals surface area contributed by atoms with Gasteiger partial charge in [0.25, 0.3) is 0 Å². The van der Waals surface area contributed by atoms with E-state index in [0.29, 0.717) is 6.42 Å². The van der Waals surface area contributed by atoms with E-state index in [4.69, 9.17) is 9.94 Å². The zero-order valence-electron chi connectivity index (χ0n) is 10.4. The monoisotopic (exact) mass is 243 g/mol. The molecular weight excluding hydrogens is 220 g/mol. The number of rotatable bonds is 8. The maximum Gasteiger partial charge on any atom is 0.177 e. The largest absolute Gasteiger partial charge is 0.411 e. The third-order valence-electron chi connectivity index (χ3n) is 3.11. The van der Waals surface area contributed by atoms with Gasteiger partial charge in [-0.05, 0) is 19.3 Å². The van der Waals surface area contributed by atoms with Crippen molar-refractivity contribution in [3.8, 4) is 0 Å². The number of carbonyl (C=O) groups excluding carboxylic acids is 1. The third-order valence-corrected chi connectivity index (χ3v) is 3.11. The van der Waals surface area contributed by atoms with Crippen LogP contribution in [0.5, 0.6) is 0 Å². The Bertz CT molecular complexity index is 238. The number of carbonyl (C=O) groups is 1. The fourth-order valence-corrected chi connectivity index (χ4v) is 2.07.